The van der Waals surface area contributed by atoms with Crippen molar-refractivity contribution in [3.8, 4) is 5.88 Å². The van der Waals surface area contributed by atoms with E-state index in [-0.39, 0.29) is 0 Å². The third kappa shape index (κ3) is 51.9. The molecule has 1 rings (SSSR count). The summed E-state index contributed by atoms with van der Waals surface area (Å²) < 4.78 is 5.26. The highest BCUT2D eigenvalue weighted by Crippen LogP contribution is 2.27. The third-order valence-electron chi connectivity index (χ3n) is 1.28. The molecule has 0 unspecified atom stereocenters. The summed E-state index contributed by atoms with van der Waals surface area (Å²) in [5.41, 5.74) is 0.942. The molecule has 0 bridgehead atoms. The fourth-order valence-corrected chi connectivity index (χ4v) is 1.24. The van der Waals surface area contributed by atoms with Crippen LogP contribution in [0.2, 0.25) is 0 Å². The van der Waals surface area contributed by atoms with Crippen molar-refractivity contribution in [2.24, 2.45) is 0 Å². The first-order valence-corrected chi connectivity index (χ1v) is 14.3. The van der Waals surface area contributed by atoms with Crippen LogP contribution in [-0.2, 0) is 23.6 Å². The Bertz CT molecular complexity index is 520. The number of hydrogen-bond donors (Lipinski definition) is 6. The summed E-state index contributed by atoms with van der Waals surface area (Å²) in [5, 5.41) is 0.762. The van der Waals surface area contributed by atoms with Gasteiger partial charge in [-0.3, -0.25) is 0 Å². The van der Waals surface area contributed by atoms with Crippen molar-refractivity contribution in [1.82, 2.24) is 9.97 Å². The van der Waals surface area contributed by atoms with Gasteiger partial charge < -0.3 is 34.1 Å². The second kappa shape index (κ2) is 21.0. The number of thioether (sulfide) groups is 1. The van der Waals surface area contributed by atoms with E-state index >= 15 is 0 Å². The van der Waals surface area contributed by atoms with Crippen molar-refractivity contribution in [2.75, 3.05) is 12.9 Å². The topological polar surface area (TPSA) is 156 Å². The highest BCUT2D eigenvalue weighted by Gasteiger charge is 2.00. The average molecular weight is 487 g/mol. The molecule has 0 saturated carbocycles. The maximum absolute atomic E-state index is 7.56. The molecule has 0 spiro atoms. The molecule has 1 aromatic heterocycles. The van der Waals surface area contributed by atoms with Gasteiger partial charge in [-0.2, -0.15) is 4.98 Å². The predicted octanol–water partition coefficient (Wildman–Crippen LogP) is 2.72. The van der Waals surface area contributed by atoms with E-state index in [1.807, 2.05) is 40.0 Å². The van der Waals surface area contributed by atoms with Crippen LogP contribution < -0.4 is 4.74 Å². The summed E-state index contributed by atoms with van der Waals surface area (Å²) in [5.74, 6) is 0.661. The highest BCUT2D eigenvalue weighted by molar-refractivity contribution is 8.06. The molecular weight excluding hydrogens is 454 g/mol. The Morgan fingerprint density at radius 3 is 1.56 bits per heavy atom. The zero-order valence-electron chi connectivity index (χ0n) is 16.6. The molecule has 0 atom stereocenters. The number of nitrogens with zero attached hydrogens (tertiary/aromatic N) is 2. The first-order valence-electron chi connectivity index (χ1n) is 7.76. The van der Waals surface area contributed by atoms with Crippen LogP contribution in [0.5, 0.6) is 5.88 Å². The molecule has 0 saturated heterocycles. The van der Waals surface area contributed by atoms with Crippen molar-refractivity contribution < 1.29 is 34.1 Å². The molecule has 0 amide bonds. The summed E-state index contributed by atoms with van der Waals surface area (Å²) in [6.07, 6.45) is 3.20. The number of hydrogen-bond acceptors (Lipinski definition) is 6. The molecule has 164 valence electrons. The maximum atomic E-state index is 7.56. The average Bonchev–Trinajstić information content (AvgIpc) is 2.46. The lowest BCUT2D eigenvalue weighted by Crippen LogP contribution is -1.97. The fraction of sp³-hybridized carbons (Fsp3) is 0.692. The number of aryl methyl sites for hydroxylation is 1. The van der Waals surface area contributed by atoms with Gasteiger partial charge in [-0.1, -0.05) is 45.9 Å². The maximum Gasteiger partial charge on any atom is 0.319 e. The van der Waals surface area contributed by atoms with Gasteiger partial charge in [0.05, 0.1) is 6.61 Å². The zero-order chi connectivity index (χ0) is 22.7. The van der Waals surface area contributed by atoms with Crippen LogP contribution in [0.1, 0.15) is 46.7 Å². The number of ether oxygens (including phenoxy) is 1. The van der Waals surface area contributed by atoms with E-state index in [2.05, 4.69) is 47.4 Å². The summed E-state index contributed by atoms with van der Waals surface area (Å²) in [6, 6.07) is 1.84. The molecule has 0 radical (unpaired) electrons. The zero-order valence-corrected chi connectivity index (χ0v) is 20.8. The summed E-state index contributed by atoms with van der Waals surface area (Å²) in [4.78, 5) is 53.7. The first-order chi connectivity index (χ1) is 12.2. The Morgan fingerprint density at radius 2 is 1.30 bits per heavy atom. The van der Waals surface area contributed by atoms with Gasteiger partial charge >= 0.3 is 13.4 Å². The van der Waals surface area contributed by atoms with Crippen LogP contribution >= 0.6 is 25.2 Å². The van der Waals surface area contributed by atoms with E-state index < -0.39 is 13.4 Å². The van der Waals surface area contributed by atoms with Crippen LogP contribution in [0.15, 0.2) is 11.2 Å². The van der Waals surface area contributed by atoms with Crippen LogP contribution in [0.4, 0.5) is 0 Å². The lowest BCUT2D eigenvalue weighted by atomic mass is 10.4. The minimum absolute atomic E-state index is 0.643. The summed E-state index contributed by atoms with van der Waals surface area (Å²) >= 11 is 8.73. The van der Waals surface area contributed by atoms with Crippen LogP contribution in [0, 0.1) is 6.92 Å². The SMILES string of the molecule is CC.CCC.CCOc1cc(C)nc(SC)n1.OP(O)(O)=S.OP(O)(O)=S. The smallest absolute Gasteiger partial charge is 0.319 e. The first kappa shape index (κ1) is 34.8. The van der Waals surface area contributed by atoms with E-state index in [0.717, 1.165) is 10.9 Å². The fourth-order valence-electron chi connectivity index (χ4n) is 0.826. The van der Waals surface area contributed by atoms with Crippen molar-refractivity contribution in [1.29, 1.82) is 0 Å². The molecule has 1 aromatic rings. The van der Waals surface area contributed by atoms with Gasteiger partial charge in [-0.15, -0.1) is 0 Å². The van der Waals surface area contributed by atoms with E-state index in [1.54, 1.807) is 0 Å². The molecule has 0 fully saturated rings. The Balaban J connectivity index is -0.000000148. The molecule has 1 heterocycles. The molecule has 0 aliphatic heterocycles. The van der Waals surface area contributed by atoms with Crippen LogP contribution in [0.3, 0.4) is 0 Å². The Labute approximate surface area is 176 Å². The van der Waals surface area contributed by atoms with Gasteiger partial charge in [-0.25, -0.2) is 4.98 Å². The van der Waals surface area contributed by atoms with Crippen molar-refractivity contribution >= 4 is 48.8 Å². The van der Waals surface area contributed by atoms with Crippen molar-refractivity contribution in [2.45, 2.75) is 53.1 Å². The van der Waals surface area contributed by atoms with E-state index in [9.17, 15) is 0 Å². The molecule has 14 heteroatoms. The largest absolute Gasteiger partial charge is 0.478 e. The standard InChI is InChI=1S/C8H12N2OS.C3H8.C2H6.2H3O3PS/c1-4-11-7-5-6(2)9-8(10-7)12-3;1-3-2;1-2;2*1-4(2,3)5/h5H,4H2,1-3H3;3H2,1-2H3;1-2H3;2*(H3,1,2,3,5). The van der Waals surface area contributed by atoms with Crippen LogP contribution in [-0.4, -0.2) is 52.2 Å². The van der Waals surface area contributed by atoms with E-state index in [0.29, 0.717) is 12.5 Å². The quantitative estimate of drug-likeness (QED) is 0.211. The molecule has 9 nitrogen and oxygen atoms in total. The number of aromatic nitrogens is 2. The molecule has 6 N–H and O–H groups in total. The van der Waals surface area contributed by atoms with Gasteiger partial charge in [-0.05, 0) is 43.7 Å². The van der Waals surface area contributed by atoms with Crippen molar-refractivity contribution in [3.05, 3.63) is 11.8 Å². The molecule has 0 aliphatic carbocycles. The Morgan fingerprint density at radius 1 is 0.963 bits per heavy atom. The lowest BCUT2D eigenvalue weighted by molar-refractivity contribution is 0.322. The van der Waals surface area contributed by atoms with Crippen LogP contribution in [0.25, 0.3) is 0 Å². The van der Waals surface area contributed by atoms with Gasteiger partial charge in [0.25, 0.3) is 0 Å². The molecule has 0 aromatic carbocycles. The second-order valence-corrected chi connectivity index (χ2v) is 9.77. The van der Waals surface area contributed by atoms with Gasteiger partial charge in [0.2, 0.25) is 5.88 Å². The van der Waals surface area contributed by atoms with Gasteiger partial charge in [0, 0.05) is 11.8 Å². The highest BCUT2D eigenvalue weighted by atomic mass is 32.5. The Kier molecular flexibility index (Phi) is 27.1. The normalized spacial score (nSPS) is 9.67. The summed E-state index contributed by atoms with van der Waals surface area (Å²) in [6.45, 7) is 5.16. The third-order valence-corrected chi connectivity index (χ3v) is 1.83. The Hall–Kier alpha value is 0.290. The summed E-state index contributed by atoms with van der Waals surface area (Å²) in [7, 11) is 0. The van der Waals surface area contributed by atoms with E-state index in [1.165, 1.54) is 18.2 Å². The molecule has 27 heavy (non-hydrogen) atoms. The number of rotatable bonds is 3. The minimum Gasteiger partial charge on any atom is -0.478 e. The second-order valence-electron chi connectivity index (χ2n) is 4.00. The van der Waals surface area contributed by atoms with Gasteiger partial charge in [0.15, 0.2) is 5.16 Å². The minimum atomic E-state index is -3.81. The lowest BCUT2D eigenvalue weighted by Gasteiger charge is -2.03. The molecule has 0 aliphatic rings. The molecular formula is C13H32N2O7P2S3. The predicted molar refractivity (Wildman–Crippen MR) is 119 cm³/mol. The van der Waals surface area contributed by atoms with Crippen molar-refractivity contribution in [3.63, 3.8) is 0 Å². The van der Waals surface area contributed by atoms with Gasteiger partial charge in [0.1, 0.15) is 0 Å². The van der Waals surface area contributed by atoms with E-state index in [4.69, 9.17) is 34.1 Å². The monoisotopic (exact) mass is 486 g/mol.